The van der Waals surface area contributed by atoms with Crippen LogP contribution in [0.5, 0.6) is 0 Å². The van der Waals surface area contributed by atoms with Crippen molar-refractivity contribution in [1.29, 1.82) is 0 Å². The maximum Gasteiger partial charge on any atom is 0.415 e. The lowest BCUT2D eigenvalue weighted by Crippen LogP contribution is -2.35. The van der Waals surface area contributed by atoms with E-state index in [0.29, 0.717) is 18.7 Å². The molecule has 0 aliphatic carbocycles. The van der Waals surface area contributed by atoms with Gasteiger partial charge in [-0.15, -0.1) is 0 Å². The molecule has 1 amide bonds. The van der Waals surface area contributed by atoms with Gasteiger partial charge in [0.1, 0.15) is 5.60 Å². The fourth-order valence-electron chi connectivity index (χ4n) is 2.73. The van der Waals surface area contributed by atoms with Gasteiger partial charge in [-0.05, 0) is 17.7 Å². The molecular formula is C13H16N2O4S. The van der Waals surface area contributed by atoms with Crippen LogP contribution < -0.4 is 10.6 Å². The number of sulfone groups is 1. The minimum absolute atomic E-state index is 0.0802. The van der Waals surface area contributed by atoms with Crippen molar-refractivity contribution in [2.75, 3.05) is 23.0 Å². The Labute approximate surface area is 117 Å². The molecule has 1 aromatic carbocycles. The summed E-state index contributed by atoms with van der Waals surface area (Å²) in [6, 6.07) is 7.29. The van der Waals surface area contributed by atoms with Crippen LogP contribution in [0.2, 0.25) is 0 Å². The lowest BCUT2D eigenvalue weighted by atomic mass is 10.0. The van der Waals surface area contributed by atoms with Gasteiger partial charge < -0.3 is 10.5 Å². The number of hydrogen-bond donors (Lipinski definition) is 1. The molecule has 2 N–H and O–H groups in total. The third-order valence-electron chi connectivity index (χ3n) is 3.81. The van der Waals surface area contributed by atoms with E-state index in [2.05, 4.69) is 0 Å². The lowest BCUT2D eigenvalue weighted by molar-refractivity contribution is 0.0779. The summed E-state index contributed by atoms with van der Waals surface area (Å²) < 4.78 is 28.6. The second-order valence-electron chi connectivity index (χ2n) is 5.35. The van der Waals surface area contributed by atoms with Gasteiger partial charge in [0.15, 0.2) is 9.84 Å². The summed E-state index contributed by atoms with van der Waals surface area (Å²) in [5.41, 5.74) is 6.33. The Kier molecular flexibility index (Phi) is 2.98. The molecule has 2 fully saturated rings. The minimum atomic E-state index is -3.10. The predicted molar refractivity (Wildman–Crippen MR) is 74.2 cm³/mol. The van der Waals surface area contributed by atoms with Crippen molar-refractivity contribution in [1.82, 2.24) is 0 Å². The second-order valence-corrected chi connectivity index (χ2v) is 7.53. The van der Waals surface area contributed by atoms with Gasteiger partial charge in [-0.1, -0.05) is 12.1 Å². The van der Waals surface area contributed by atoms with E-state index in [-0.39, 0.29) is 18.1 Å². The van der Waals surface area contributed by atoms with Gasteiger partial charge in [0.25, 0.3) is 0 Å². The summed E-state index contributed by atoms with van der Waals surface area (Å²) in [5, 5.41) is 0. The van der Waals surface area contributed by atoms with Crippen LogP contribution in [0.25, 0.3) is 0 Å². The molecule has 0 saturated carbocycles. The van der Waals surface area contributed by atoms with Crippen LogP contribution in [0.1, 0.15) is 12.0 Å². The average Bonchev–Trinajstić information content (AvgIpc) is 2.89. The number of hydrogen-bond acceptors (Lipinski definition) is 5. The molecule has 2 saturated heterocycles. The molecule has 1 atom stereocenters. The van der Waals surface area contributed by atoms with Gasteiger partial charge in [0.2, 0.25) is 0 Å². The first-order chi connectivity index (χ1) is 9.43. The SMILES string of the molecule is NCc1ccc(N2CC3(CCS(=O)(=O)C3)OC2=O)cc1. The van der Waals surface area contributed by atoms with Gasteiger partial charge in [0, 0.05) is 18.7 Å². The Morgan fingerprint density at radius 2 is 2.00 bits per heavy atom. The monoisotopic (exact) mass is 296 g/mol. The van der Waals surface area contributed by atoms with E-state index < -0.39 is 21.5 Å². The topological polar surface area (TPSA) is 89.7 Å². The third kappa shape index (κ3) is 2.27. The highest BCUT2D eigenvalue weighted by Gasteiger charge is 2.52. The fraction of sp³-hybridized carbons (Fsp3) is 0.462. The normalized spacial score (nSPS) is 28.1. The van der Waals surface area contributed by atoms with Crippen LogP contribution >= 0.6 is 0 Å². The summed E-state index contributed by atoms with van der Waals surface area (Å²) >= 11 is 0. The number of benzene rings is 1. The zero-order chi connectivity index (χ0) is 14.4. The fourth-order valence-corrected chi connectivity index (χ4v) is 4.65. The van der Waals surface area contributed by atoms with E-state index in [4.69, 9.17) is 10.5 Å². The van der Waals surface area contributed by atoms with Gasteiger partial charge >= 0.3 is 6.09 Å². The second kappa shape index (κ2) is 4.46. The van der Waals surface area contributed by atoms with Crippen LogP contribution in [0.15, 0.2) is 24.3 Å². The van der Waals surface area contributed by atoms with Crippen LogP contribution in [-0.4, -0.2) is 38.2 Å². The standard InChI is InChI=1S/C13H16N2O4S/c14-7-10-1-3-11(4-2-10)15-8-13(19-12(15)16)5-6-20(17,18)9-13/h1-4H,5-9,14H2. The average molecular weight is 296 g/mol. The first-order valence-corrected chi connectivity index (χ1v) is 8.25. The summed E-state index contributed by atoms with van der Waals surface area (Å²) in [7, 11) is -3.10. The molecule has 0 radical (unpaired) electrons. The summed E-state index contributed by atoms with van der Waals surface area (Å²) in [4.78, 5) is 13.5. The van der Waals surface area contributed by atoms with E-state index >= 15 is 0 Å². The molecule has 6 nitrogen and oxygen atoms in total. The van der Waals surface area contributed by atoms with Gasteiger partial charge in [-0.2, -0.15) is 0 Å². The predicted octanol–water partition coefficient (Wildman–Crippen LogP) is 0.659. The van der Waals surface area contributed by atoms with Gasteiger partial charge in [-0.25, -0.2) is 13.2 Å². The Hall–Kier alpha value is -1.60. The first-order valence-electron chi connectivity index (χ1n) is 6.43. The number of amides is 1. The molecule has 1 unspecified atom stereocenters. The maximum absolute atomic E-state index is 12.0. The number of nitrogens with zero attached hydrogens (tertiary/aromatic N) is 1. The third-order valence-corrected chi connectivity index (χ3v) is 5.60. The molecule has 2 heterocycles. The van der Waals surface area contributed by atoms with E-state index in [0.717, 1.165) is 5.56 Å². The zero-order valence-corrected chi connectivity index (χ0v) is 11.7. The first kappa shape index (κ1) is 13.4. The van der Waals surface area contributed by atoms with Crippen LogP contribution in [0.3, 0.4) is 0 Å². The number of ether oxygens (including phenoxy) is 1. The van der Waals surface area contributed by atoms with Crippen LogP contribution in [0, 0.1) is 0 Å². The van der Waals surface area contributed by atoms with E-state index in [1.165, 1.54) is 4.90 Å². The molecule has 2 aliphatic heterocycles. The Morgan fingerprint density at radius 3 is 2.55 bits per heavy atom. The molecule has 1 aromatic rings. The maximum atomic E-state index is 12.0. The van der Waals surface area contributed by atoms with Crippen molar-refractivity contribution < 1.29 is 17.9 Å². The van der Waals surface area contributed by atoms with Gasteiger partial charge in [-0.3, -0.25) is 4.90 Å². The van der Waals surface area contributed by atoms with Crippen LogP contribution in [0.4, 0.5) is 10.5 Å². The molecule has 0 aromatic heterocycles. The summed E-state index contributed by atoms with van der Waals surface area (Å²) in [5.74, 6) is 0.00333. The van der Waals surface area contributed by atoms with Gasteiger partial charge in [0.05, 0.1) is 18.1 Å². The Balaban J connectivity index is 1.84. The van der Waals surface area contributed by atoms with Crippen LogP contribution in [-0.2, 0) is 21.1 Å². The van der Waals surface area contributed by atoms with E-state index in [1.54, 1.807) is 12.1 Å². The number of carbonyl (C=O) groups is 1. The van der Waals surface area contributed by atoms with E-state index in [9.17, 15) is 13.2 Å². The molecular weight excluding hydrogens is 280 g/mol. The smallest absolute Gasteiger partial charge is 0.415 e. The highest BCUT2D eigenvalue weighted by molar-refractivity contribution is 7.91. The molecule has 108 valence electrons. The van der Waals surface area contributed by atoms with Crippen molar-refractivity contribution >= 4 is 21.6 Å². The Morgan fingerprint density at radius 1 is 1.30 bits per heavy atom. The van der Waals surface area contributed by atoms with Crippen molar-refractivity contribution in [2.24, 2.45) is 5.73 Å². The quantitative estimate of drug-likeness (QED) is 0.866. The number of nitrogens with two attached hydrogens (primary N) is 1. The number of carbonyl (C=O) groups excluding carboxylic acids is 1. The zero-order valence-electron chi connectivity index (χ0n) is 10.9. The van der Waals surface area contributed by atoms with Crippen molar-refractivity contribution in [2.45, 2.75) is 18.6 Å². The lowest BCUT2D eigenvalue weighted by Gasteiger charge is -2.18. The van der Waals surface area contributed by atoms with E-state index in [1.807, 2.05) is 12.1 Å². The molecule has 3 rings (SSSR count). The minimum Gasteiger partial charge on any atom is -0.440 e. The molecule has 2 aliphatic rings. The molecule has 7 heteroatoms. The van der Waals surface area contributed by atoms with Crippen molar-refractivity contribution in [3.8, 4) is 0 Å². The molecule has 0 bridgehead atoms. The Bertz CT molecular complexity index is 641. The molecule has 1 spiro atoms. The van der Waals surface area contributed by atoms with Crippen molar-refractivity contribution in [3.63, 3.8) is 0 Å². The highest BCUT2D eigenvalue weighted by atomic mass is 32.2. The molecule has 20 heavy (non-hydrogen) atoms. The summed E-state index contributed by atoms with van der Waals surface area (Å²) in [6.07, 6.45) is -0.110. The number of anilines is 1. The summed E-state index contributed by atoms with van der Waals surface area (Å²) in [6.45, 7) is 0.722. The highest BCUT2D eigenvalue weighted by Crippen LogP contribution is 2.36. The van der Waals surface area contributed by atoms with Crippen molar-refractivity contribution in [3.05, 3.63) is 29.8 Å². The largest absolute Gasteiger partial charge is 0.440 e. The number of rotatable bonds is 2.